The molecule has 1 aromatic rings. The molecule has 1 N–H and O–H groups in total. The monoisotopic (exact) mass is 317 g/mol. The van der Waals surface area contributed by atoms with Gasteiger partial charge in [-0.25, -0.2) is 9.59 Å². The van der Waals surface area contributed by atoms with Crippen LogP contribution in [0.25, 0.3) is 0 Å². The molecule has 23 heavy (non-hydrogen) atoms. The molecular formula is C18H23NO4. The molecule has 1 aliphatic heterocycles. The van der Waals surface area contributed by atoms with E-state index in [1.165, 1.54) is 5.56 Å². The van der Waals surface area contributed by atoms with Gasteiger partial charge in [-0.1, -0.05) is 32.1 Å². The number of hydrogen-bond acceptors (Lipinski definition) is 4. The molecule has 1 aliphatic rings. The topological polar surface area (TPSA) is 64.6 Å². The number of rotatable bonds is 7. The standard InChI is InChI=1S/C18H23NO4/c1-3-4-5-14-6-8-16(9-7-14)19-18(21)22-11-10-15-12-23-17(20)13(15)2/h6-9,15H,2-5,10-12H2,1H3,(H,19,21)/t15-/m0/s1. The lowest BCUT2D eigenvalue weighted by Crippen LogP contribution is -2.16. The van der Waals surface area contributed by atoms with Crippen LogP contribution in [0.3, 0.4) is 0 Å². The van der Waals surface area contributed by atoms with E-state index in [1.807, 2.05) is 24.3 Å². The molecular weight excluding hydrogens is 294 g/mol. The molecule has 5 heteroatoms. The molecule has 0 saturated carbocycles. The Morgan fingerprint density at radius 2 is 2.13 bits per heavy atom. The van der Waals surface area contributed by atoms with Crippen molar-refractivity contribution in [3.8, 4) is 0 Å². The largest absolute Gasteiger partial charge is 0.462 e. The number of cyclic esters (lactones) is 1. The third kappa shape index (κ3) is 5.13. The molecule has 0 unspecified atom stereocenters. The van der Waals surface area contributed by atoms with Crippen molar-refractivity contribution in [1.82, 2.24) is 0 Å². The van der Waals surface area contributed by atoms with Crippen molar-refractivity contribution in [3.05, 3.63) is 42.0 Å². The minimum Gasteiger partial charge on any atom is -0.462 e. The first-order valence-corrected chi connectivity index (χ1v) is 7.98. The van der Waals surface area contributed by atoms with Gasteiger partial charge in [-0.15, -0.1) is 0 Å². The number of unbranched alkanes of at least 4 members (excludes halogenated alkanes) is 1. The molecule has 0 bridgehead atoms. The zero-order valence-corrected chi connectivity index (χ0v) is 13.5. The van der Waals surface area contributed by atoms with Crippen molar-refractivity contribution in [3.63, 3.8) is 0 Å². The Hall–Kier alpha value is -2.30. The number of esters is 1. The van der Waals surface area contributed by atoms with Gasteiger partial charge in [0.25, 0.3) is 0 Å². The predicted molar refractivity (Wildman–Crippen MR) is 88.2 cm³/mol. The summed E-state index contributed by atoms with van der Waals surface area (Å²) in [6.07, 6.45) is 3.41. The molecule has 2 rings (SSSR count). The summed E-state index contributed by atoms with van der Waals surface area (Å²) in [6.45, 7) is 6.39. The fourth-order valence-electron chi connectivity index (χ4n) is 2.38. The lowest BCUT2D eigenvalue weighted by atomic mass is 10.0. The van der Waals surface area contributed by atoms with Crippen LogP contribution in [0.15, 0.2) is 36.4 Å². The Labute approximate surface area is 136 Å². The van der Waals surface area contributed by atoms with Gasteiger partial charge in [0, 0.05) is 17.2 Å². The third-order valence-corrected chi connectivity index (χ3v) is 3.89. The van der Waals surface area contributed by atoms with Crippen LogP contribution >= 0.6 is 0 Å². The molecule has 1 aromatic carbocycles. The van der Waals surface area contributed by atoms with Gasteiger partial charge in [0.2, 0.25) is 0 Å². The van der Waals surface area contributed by atoms with Crippen LogP contribution in [0.4, 0.5) is 10.5 Å². The van der Waals surface area contributed by atoms with Gasteiger partial charge < -0.3 is 9.47 Å². The highest BCUT2D eigenvalue weighted by atomic mass is 16.6. The zero-order chi connectivity index (χ0) is 16.7. The molecule has 0 spiro atoms. The average molecular weight is 317 g/mol. The van der Waals surface area contributed by atoms with E-state index in [1.54, 1.807) is 0 Å². The highest BCUT2D eigenvalue weighted by molar-refractivity contribution is 5.90. The number of carbonyl (C=O) groups is 2. The van der Waals surface area contributed by atoms with Gasteiger partial charge in [0.05, 0.1) is 13.2 Å². The number of aryl methyl sites for hydroxylation is 1. The molecule has 1 heterocycles. The molecule has 5 nitrogen and oxygen atoms in total. The maximum atomic E-state index is 11.7. The molecule has 1 amide bonds. The van der Waals surface area contributed by atoms with Crippen LogP contribution in [0.5, 0.6) is 0 Å². The van der Waals surface area contributed by atoms with Crippen molar-refractivity contribution in [1.29, 1.82) is 0 Å². The molecule has 0 aromatic heterocycles. The quantitative estimate of drug-likeness (QED) is 0.615. The van der Waals surface area contributed by atoms with Crippen LogP contribution in [0.1, 0.15) is 31.7 Å². The second kappa shape index (κ2) is 8.36. The Morgan fingerprint density at radius 3 is 2.74 bits per heavy atom. The second-order valence-electron chi connectivity index (χ2n) is 5.67. The lowest BCUT2D eigenvalue weighted by molar-refractivity contribution is -0.135. The van der Waals surface area contributed by atoms with E-state index in [-0.39, 0.29) is 18.5 Å². The number of nitrogens with one attached hydrogen (secondary N) is 1. The summed E-state index contributed by atoms with van der Waals surface area (Å²) in [5.74, 6) is -0.421. The van der Waals surface area contributed by atoms with Gasteiger partial charge in [-0.05, 0) is 37.0 Å². The SMILES string of the molecule is C=C1C(=O)OC[C@@H]1CCOC(=O)Nc1ccc(CCCC)cc1. The summed E-state index contributed by atoms with van der Waals surface area (Å²) in [6, 6.07) is 7.77. The Kier molecular flexibility index (Phi) is 6.20. The smallest absolute Gasteiger partial charge is 0.411 e. The Bertz CT molecular complexity index is 565. The molecule has 1 saturated heterocycles. The minimum atomic E-state index is -0.498. The van der Waals surface area contributed by atoms with E-state index >= 15 is 0 Å². The highest BCUT2D eigenvalue weighted by Crippen LogP contribution is 2.22. The van der Waals surface area contributed by atoms with E-state index in [0.29, 0.717) is 24.3 Å². The van der Waals surface area contributed by atoms with E-state index in [9.17, 15) is 9.59 Å². The lowest BCUT2D eigenvalue weighted by Gasteiger charge is -2.10. The highest BCUT2D eigenvalue weighted by Gasteiger charge is 2.28. The summed E-state index contributed by atoms with van der Waals surface area (Å²) in [4.78, 5) is 22.9. The Balaban J connectivity index is 1.70. The van der Waals surface area contributed by atoms with E-state index < -0.39 is 6.09 Å². The summed E-state index contributed by atoms with van der Waals surface area (Å²) < 4.78 is 10.0. The summed E-state index contributed by atoms with van der Waals surface area (Å²) in [7, 11) is 0. The molecule has 0 aliphatic carbocycles. The number of anilines is 1. The number of benzene rings is 1. The number of amides is 1. The maximum Gasteiger partial charge on any atom is 0.411 e. The number of carbonyl (C=O) groups excluding carboxylic acids is 2. The first-order chi connectivity index (χ1) is 11.1. The number of ether oxygens (including phenoxy) is 2. The first-order valence-electron chi connectivity index (χ1n) is 7.98. The molecule has 1 fully saturated rings. The van der Waals surface area contributed by atoms with Crippen LogP contribution in [0.2, 0.25) is 0 Å². The van der Waals surface area contributed by atoms with Gasteiger partial charge >= 0.3 is 12.1 Å². The van der Waals surface area contributed by atoms with Gasteiger partial charge in [0.1, 0.15) is 0 Å². The normalized spacial score (nSPS) is 17.0. The van der Waals surface area contributed by atoms with E-state index in [2.05, 4.69) is 18.8 Å². The Morgan fingerprint density at radius 1 is 1.39 bits per heavy atom. The van der Waals surface area contributed by atoms with E-state index in [4.69, 9.17) is 9.47 Å². The summed E-state index contributed by atoms with van der Waals surface area (Å²) in [5.41, 5.74) is 2.42. The van der Waals surface area contributed by atoms with Crippen molar-refractivity contribution < 1.29 is 19.1 Å². The second-order valence-corrected chi connectivity index (χ2v) is 5.67. The zero-order valence-electron chi connectivity index (χ0n) is 13.5. The summed E-state index contributed by atoms with van der Waals surface area (Å²) >= 11 is 0. The van der Waals surface area contributed by atoms with Crippen LogP contribution in [-0.2, 0) is 20.7 Å². The summed E-state index contributed by atoms with van der Waals surface area (Å²) in [5, 5.41) is 2.69. The van der Waals surface area contributed by atoms with Gasteiger partial charge in [-0.3, -0.25) is 5.32 Å². The predicted octanol–water partition coefficient (Wildman–Crippen LogP) is 3.70. The third-order valence-electron chi connectivity index (χ3n) is 3.89. The molecule has 1 atom stereocenters. The maximum absolute atomic E-state index is 11.7. The van der Waals surface area contributed by atoms with Crippen LogP contribution in [-0.4, -0.2) is 25.3 Å². The van der Waals surface area contributed by atoms with Crippen molar-refractivity contribution >= 4 is 17.7 Å². The fraction of sp³-hybridized carbons (Fsp3) is 0.444. The number of hydrogen-bond donors (Lipinski definition) is 1. The van der Waals surface area contributed by atoms with E-state index in [0.717, 1.165) is 19.3 Å². The first kappa shape index (κ1) is 17.1. The van der Waals surface area contributed by atoms with Crippen LogP contribution < -0.4 is 5.32 Å². The van der Waals surface area contributed by atoms with Gasteiger partial charge in [0.15, 0.2) is 0 Å². The fourth-order valence-corrected chi connectivity index (χ4v) is 2.38. The molecule has 0 radical (unpaired) electrons. The van der Waals surface area contributed by atoms with Crippen molar-refractivity contribution in [2.24, 2.45) is 5.92 Å². The minimum absolute atomic E-state index is 0.0619. The van der Waals surface area contributed by atoms with Crippen molar-refractivity contribution in [2.45, 2.75) is 32.6 Å². The van der Waals surface area contributed by atoms with Crippen LogP contribution in [0, 0.1) is 5.92 Å². The van der Waals surface area contributed by atoms with Gasteiger partial charge in [-0.2, -0.15) is 0 Å². The molecule has 124 valence electrons. The average Bonchev–Trinajstić information content (AvgIpc) is 2.86. The van der Waals surface area contributed by atoms with Crippen molar-refractivity contribution in [2.75, 3.05) is 18.5 Å².